The van der Waals surface area contributed by atoms with Crippen LogP contribution < -0.4 is 5.32 Å². The number of rotatable bonds is 7. The fourth-order valence-corrected chi connectivity index (χ4v) is 2.90. The number of thioether (sulfide) groups is 1. The summed E-state index contributed by atoms with van der Waals surface area (Å²) in [7, 11) is 0. The van der Waals surface area contributed by atoms with Gasteiger partial charge in [0.1, 0.15) is 0 Å². The maximum Gasteiger partial charge on any atom is 0.0618 e. The van der Waals surface area contributed by atoms with Gasteiger partial charge in [-0.2, -0.15) is 0 Å². The van der Waals surface area contributed by atoms with Crippen LogP contribution in [0.15, 0.2) is 23.1 Å². The van der Waals surface area contributed by atoms with Crippen molar-refractivity contribution in [1.29, 1.82) is 0 Å². The molecule has 1 rings (SSSR count). The molecule has 0 aliphatic carbocycles. The van der Waals surface area contributed by atoms with Gasteiger partial charge in [0.05, 0.1) is 6.61 Å². The van der Waals surface area contributed by atoms with E-state index < -0.39 is 0 Å². The van der Waals surface area contributed by atoms with Crippen LogP contribution in [-0.2, 0) is 0 Å². The predicted molar refractivity (Wildman–Crippen MR) is 80.4 cm³/mol. The lowest BCUT2D eigenvalue weighted by Crippen LogP contribution is -2.48. The Kier molecular flexibility index (Phi) is 6.19. The average molecular weight is 267 g/mol. The van der Waals surface area contributed by atoms with E-state index in [-0.39, 0.29) is 12.1 Å². The van der Waals surface area contributed by atoms with E-state index in [1.54, 1.807) is 0 Å². The lowest BCUT2D eigenvalue weighted by molar-refractivity contribution is 0.192. The van der Waals surface area contributed by atoms with Crippen molar-refractivity contribution in [1.82, 2.24) is 5.32 Å². The Morgan fingerprint density at radius 2 is 2.06 bits per heavy atom. The highest BCUT2D eigenvalue weighted by Gasteiger charge is 2.22. The molecule has 1 aromatic rings. The summed E-state index contributed by atoms with van der Waals surface area (Å²) in [5, 5.41) is 13.0. The van der Waals surface area contributed by atoms with E-state index in [9.17, 15) is 5.11 Å². The van der Waals surface area contributed by atoms with Crippen LogP contribution in [0, 0.1) is 13.8 Å². The number of benzene rings is 1. The first kappa shape index (κ1) is 15.5. The molecular formula is C15H25NOS. The third-order valence-corrected chi connectivity index (χ3v) is 4.58. The minimum Gasteiger partial charge on any atom is -0.394 e. The molecule has 0 saturated heterocycles. The topological polar surface area (TPSA) is 32.3 Å². The minimum atomic E-state index is -0.196. The highest BCUT2D eigenvalue weighted by Crippen LogP contribution is 2.26. The summed E-state index contributed by atoms with van der Waals surface area (Å²) in [6.07, 6.45) is 1.09. The Balaban J connectivity index is 2.61. The van der Waals surface area contributed by atoms with E-state index in [1.165, 1.54) is 16.0 Å². The Bertz CT molecular complexity index is 381. The number of hydrogen-bond donors (Lipinski definition) is 2. The SMILES string of the molecule is CCCNC(C)(CO)CSc1ccc(C)cc1C. The van der Waals surface area contributed by atoms with Gasteiger partial charge >= 0.3 is 0 Å². The second-order valence-electron chi connectivity index (χ2n) is 5.20. The normalized spacial score (nSPS) is 14.5. The third kappa shape index (κ3) is 4.63. The summed E-state index contributed by atoms with van der Waals surface area (Å²) >= 11 is 1.82. The number of aliphatic hydroxyl groups is 1. The zero-order valence-electron chi connectivity index (χ0n) is 11.9. The molecule has 0 radical (unpaired) electrons. The molecule has 0 heterocycles. The summed E-state index contributed by atoms with van der Waals surface area (Å²) in [5.74, 6) is 0.882. The molecule has 0 bridgehead atoms. The number of aliphatic hydroxyl groups excluding tert-OH is 1. The van der Waals surface area contributed by atoms with Crippen molar-refractivity contribution < 1.29 is 5.11 Å². The summed E-state index contributed by atoms with van der Waals surface area (Å²) in [6, 6.07) is 6.52. The summed E-state index contributed by atoms with van der Waals surface area (Å²) < 4.78 is 0. The molecule has 18 heavy (non-hydrogen) atoms. The molecule has 102 valence electrons. The lowest BCUT2D eigenvalue weighted by atomic mass is 10.1. The molecule has 3 heteroatoms. The van der Waals surface area contributed by atoms with Gasteiger partial charge in [-0.25, -0.2) is 0 Å². The number of aryl methyl sites for hydroxylation is 2. The molecule has 0 fully saturated rings. The van der Waals surface area contributed by atoms with Crippen LogP contribution in [0.5, 0.6) is 0 Å². The number of hydrogen-bond acceptors (Lipinski definition) is 3. The molecule has 0 amide bonds. The third-order valence-electron chi connectivity index (χ3n) is 3.03. The Morgan fingerprint density at radius 1 is 1.33 bits per heavy atom. The summed E-state index contributed by atoms with van der Waals surface area (Å²) in [4.78, 5) is 1.30. The summed E-state index contributed by atoms with van der Waals surface area (Å²) in [6.45, 7) is 9.60. The minimum absolute atomic E-state index is 0.172. The number of nitrogens with one attached hydrogen (secondary N) is 1. The fraction of sp³-hybridized carbons (Fsp3) is 0.600. The quantitative estimate of drug-likeness (QED) is 0.744. The van der Waals surface area contributed by atoms with Gasteiger partial charge in [-0.05, 0) is 45.4 Å². The Morgan fingerprint density at radius 3 is 2.61 bits per heavy atom. The predicted octanol–water partition coefficient (Wildman–Crippen LogP) is 3.15. The molecule has 0 saturated carbocycles. The van der Waals surface area contributed by atoms with Gasteiger partial charge in [0.15, 0.2) is 0 Å². The van der Waals surface area contributed by atoms with Crippen molar-refractivity contribution in [3.63, 3.8) is 0 Å². The van der Waals surface area contributed by atoms with Crippen LogP contribution in [0.25, 0.3) is 0 Å². The molecule has 0 aliphatic heterocycles. The summed E-state index contributed by atoms with van der Waals surface area (Å²) in [5.41, 5.74) is 2.42. The molecule has 2 N–H and O–H groups in total. The van der Waals surface area contributed by atoms with Crippen molar-refractivity contribution in [2.24, 2.45) is 0 Å². The van der Waals surface area contributed by atoms with E-state index >= 15 is 0 Å². The standard InChI is InChI=1S/C15H25NOS/c1-5-8-16-15(4,10-17)11-18-14-7-6-12(2)9-13(14)3/h6-7,9,16-17H,5,8,10-11H2,1-4H3. The average Bonchev–Trinajstić information content (AvgIpc) is 2.35. The Hall–Kier alpha value is -0.510. The smallest absolute Gasteiger partial charge is 0.0618 e. The maximum absolute atomic E-state index is 9.53. The van der Waals surface area contributed by atoms with Crippen molar-refractivity contribution in [3.05, 3.63) is 29.3 Å². The fourth-order valence-electron chi connectivity index (χ4n) is 1.78. The van der Waals surface area contributed by atoms with Crippen LogP contribution in [0.4, 0.5) is 0 Å². The molecule has 1 unspecified atom stereocenters. The van der Waals surface area contributed by atoms with Crippen LogP contribution in [0.3, 0.4) is 0 Å². The van der Waals surface area contributed by atoms with Crippen molar-refractivity contribution in [2.45, 2.75) is 44.6 Å². The molecule has 0 spiro atoms. The lowest BCUT2D eigenvalue weighted by Gasteiger charge is -2.28. The molecule has 1 aromatic carbocycles. The first-order valence-corrected chi connectivity index (χ1v) is 7.55. The maximum atomic E-state index is 9.53. The highest BCUT2D eigenvalue weighted by atomic mass is 32.2. The van der Waals surface area contributed by atoms with Crippen molar-refractivity contribution in [2.75, 3.05) is 18.9 Å². The van der Waals surface area contributed by atoms with Crippen LogP contribution >= 0.6 is 11.8 Å². The second kappa shape index (κ2) is 7.17. The van der Waals surface area contributed by atoms with Gasteiger partial charge in [-0.15, -0.1) is 11.8 Å². The largest absolute Gasteiger partial charge is 0.394 e. The van der Waals surface area contributed by atoms with Crippen LogP contribution in [0.1, 0.15) is 31.4 Å². The van der Waals surface area contributed by atoms with Gasteiger partial charge in [0.2, 0.25) is 0 Å². The molecule has 0 aromatic heterocycles. The van der Waals surface area contributed by atoms with Crippen LogP contribution in [-0.4, -0.2) is 29.5 Å². The van der Waals surface area contributed by atoms with Crippen LogP contribution in [0.2, 0.25) is 0 Å². The van der Waals surface area contributed by atoms with Gasteiger partial charge in [0.25, 0.3) is 0 Å². The monoisotopic (exact) mass is 267 g/mol. The van der Waals surface area contributed by atoms with Gasteiger partial charge in [0, 0.05) is 16.2 Å². The highest BCUT2D eigenvalue weighted by molar-refractivity contribution is 7.99. The van der Waals surface area contributed by atoms with Crippen molar-refractivity contribution in [3.8, 4) is 0 Å². The van der Waals surface area contributed by atoms with Gasteiger partial charge in [-0.3, -0.25) is 0 Å². The van der Waals surface area contributed by atoms with E-state index in [0.717, 1.165) is 18.7 Å². The van der Waals surface area contributed by atoms with E-state index in [0.29, 0.717) is 0 Å². The molecule has 1 atom stereocenters. The van der Waals surface area contributed by atoms with Gasteiger partial charge in [-0.1, -0.05) is 24.6 Å². The van der Waals surface area contributed by atoms with E-state index in [1.807, 2.05) is 11.8 Å². The molecule has 0 aliphatic rings. The van der Waals surface area contributed by atoms with E-state index in [2.05, 4.69) is 51.2 Å². The zero-order valence-corrected chi connectivity index (χ0v) is 12.7. The first-order chi connectivity index (χ1) is 8.50. The second-order valence-corrected chi connectivity index (χ2v) is 6.22. The molecular weight excluding hydrogens is 242 g/mol. The van der Waals surface area contributed by atoms with E-state index in [4.69, 9.17) is 0 Å². The molecule has 2 nitrogen and oxygen atoms in total. The van der Waals surface area contributed by atoms with Gasteiger partial charge < -0.3 is 10.4 Å². The van der Waals surface area contributed by atoms with Crippen molar-refractivity contribution >= 4 is 11.8 Å². The Labute approximate surface area is 115 Å². The first-order valence-electron chi connectivity index (χ1n) is 6.56. The zero-order chi connectivity index (χ0) is 13.6.